The largest absolute Gasteiger partial charge is 0.310 e. The van der Waals surface area contributed by atoms with Crippen molar-refractivity contribution in [3.8, 4) is 39.1 Å². The fourth-order valence-electron chi connectivity index (χ4n) is 10.9. The molecule has 0 fully saturated rings. The van der Waals surface area contributed by atoms with Crippen LogP contribution in [0, 0.1) is 0 Å². The maximum Gasteiger partial charge on any atom is 0.0725 e. The van der Waals surface area contributed by atoms with E-state index >= 15 is 0 Å². The van der Waals surface area contributed by atoms with Crippen molar-refractivity contribution in [2.45, 2.75) is 5.41 Å². The van der Waals surface area contributed by atoms with Crippen molar-refractivity contribution in [2.24, 2.45) is 0 Å². The molecule has 0 saturated carbocycles. The number of aromatic nitrogens is 1. The van der Waals surface area contributed by atoms with Gasteiger partial charge in [-0.1, -0.05) is 176 Å². The smallest absolute Gasteiger partial charge is 0.0725 e. The van der Waals surface area contributed by atoms with Crippen LogP contribution in [-0.4, -0.2) is 4.57 Å². The van der Waals surface area contributed by atoms with E-state index in [9.17, 15) is 0 Å². The molecular weight excluding hydrogens is 737 g/mol. The van der Waals surface area contributed by atoms with Crippen LogP contribution in [0.25, 0.3) is 71.6 Å². The highest BCUT2D eigenvalue weighted by atomic mass is 15.1. The van der Waals surface area contributed by atoms with Crippen molar-refractivity contribution in [2.75, 3.05) is 4.90 Å². The van der Waals surface area contributed by atoms with Gasteiger partial charge in [-0.05, 0) is 116 Å². The minimum Gasteiger partial charge on any atom is -0.310 e. The van der Waals surface area contributed by atoms with E-state index in [1.165, 1.54) is 88.2 Å². The number of fused-ring (bicyclic) bond motifs is 12. The lowest BCUT2D eigenvalue weighted by molar-refractivity contribution is 0.774. The normalized spacial score (nSPS) is 13.0. The third-order valence-corrected chi connectivity index (χ3v) is 13.4. The first-order valence-electron chi connectivity index (χ1n) is 21.2. The van der Waals surface area contributed by atoms with Gasteiger partial charge in [0.25, 0.3) is 0 Å². The molecule has 10 aromatic carbocycles. The Hall–Kier alpha value is -7.94. The number of benzene rings is 10. The second kappa shape index (κ2) is 13.0. The Bertz CT molecular complexity index is 3480. The lowest BCUT2D eigenvalue weighted by Gasteiger charge is -2.41. The first kappa shape index (κ1) is 34.0. The van der Waals surface area contributed by atoms with Crippen molar-refractivity contribution in [3.05, 3.63) is 253 Å². The molecule has 11 aromatic rings. The number of anilines is 3. The predicted molar refractivity (Wildman–Crippen MR) is 255 cm³/mol. The number of rotatable bonds is 5. The van der Waals surface area contributed by atoms with Gasteiger partial charge >= 0.3 is 0 Å². The molecule has 0 amide bonds. The molecule has 2 nitrogen and oxygen atoms in total. The van der Waals surface area contributed by atoms with E-state index < -0.39 is 5.41 Å². The third-order valence-electron chi connectivity index (χ3n) is 13.4. The molecule has 0 bridgehead atoms. The predicted octanol–water partition coefficient (Wildman–Crippen LogP) is 15.4. The topological polar surface area (TPSA) is 8.17 Å². The van der Waals surface area contributed by atoms with Gasteiger partial charge in [0.15, 0.2) is 0 Å². The fraction of sp³-hybridized carbons (Fsp3) is 0.0169. The number of nitrogens with zero attached hydrogens (tertiary/aromatic N) is 2. The van der Waals surface area contributed by atoms with Gasteiger partial charge in [0.1, 0.15) is 0 Å². The van der Waals surface area contributed by atoms with E-state index in [1.807, 2.05) is 0 Å². The van der Waals surface area contributed by atoms with Crippen LogP contribution in [0.15, 0.2) is 231 Å². The first-order valence-corrected chi connectivity index (χ1v) is 21.2. The number of hydrogen-bond donors (Lipinski definition) is 0. The highest BCUT2D eigenvalue weighted by Gasteiger charge is 2.50. The van der Waals surface area contributed by atoms with Crippen LogP contribution >= 0.6 is 0 Å². The lowest BCUT2D eigenvalue weighted by Crippen LogP contribution is -2.32. The third kappa shape index (κ3) is 4.73. The zero-order valence-electron chi connectivity index (χ0n) is 33.3. The van der Waals surface area contributed by atoms with E-state index in [4.69, 9.17) is 0 Å². The second-order valence-corrected chi connectivity index (χ2v) is 16.4. The van der Waals surface area contributed by atoms with Crippen molar-refractivity contribution in [1.82, 2.24) is 4.57 Å². The van der Waals surface area contributed by atoms with Gasteiger partial charge < -0.3 is 9.47 Å². The quantitative estimate of drug-likeness (QED) is 0.169. The zero-order chi connectivity index (χ0) is 40.1. The van der Waals surface area contributed by atoms with Crippen molar-refractivity contribution in [3.63, 3.8) is 0 Å². The van der Waals surface area contributed by atoms with Crippen LogP contribution < -0.4 is 4.90 Å². The van der Waals surface area contributed by atoms with Gasteiger partial charge in [0.2, 0.25) is 0 Å². The molecule has 2 heteroatoms. The molecule has 0 unspecified atom stereocenters. The second-order valence-electron chi connectivity index (χ2n) is 16.4. The van der Waals surface area contributed by atoms with Crippen LogP contribution in [0.1, 0.15) is 22.3 Å². The highest BCUT2D eigenvalue weighted by Crippen LogP contribution is 2.63. The van der Waals surface area contributed by atoms with Crippen molar-refractivity contribution in [1.29, 1.82) is 0 Å². The standard InChI is InChI=1S/C59H38N2/c1-4-17-39(18-5-1)40-31-33-46-49-35-36-56(50-26-16-29-53(58(49)50)59(54(46)37-40)51-27-13-10-23-44(51)45-24-11-14-28-52(45)59)60(41-19-6-2-7-20-41)43-32-34-48-47-25-12-15-30-55(47)61(57(48)38-43)42-21-8-3-9-22-42/h1-38H. The summed E-state index contributed by atoms with van der Waals surface area (Å²) in [5.74, 6) is 0. The molecule has 2 aliphatic rings. The summed E-state index contributed by atoms with van der Waals surface area (Å²) in [5.41, 5.74) is 19.3. The number of hydrogen-bond acceptors (Lipinski definition) is 1. The Labute approximate surface area is 354 Å². The lowest BCUT2D eigenvalue weighted by atomic mass is 9.61. The van der Waals surface area contributed by atoms with Gasteiger partial charge in [-0.3, -0.25) is 0 Å². The summed E-state index contributed by atoms with van der Waals surface area (Å²) >= 11 is 0. The van der Waals surface area contributed by atoms with Gasteiger partial charge in [-0.15, -0.1) is 0 Å². The summed E-state index contributed by atoms with van der Waals surface area (Å²) < 4.78 is 2.41. The average molecular weight is 775 g/mol. The highest BCUT2D eigenvalue weighted by molar-refractivity contribution is 6.14. The van der Waals surface area contributed by atoms with Gasteiger partial charge in [0.05, 0.1) is 22.1 Å². The molecule has 0 N–H and O–H groups in total. The van der Waals surface area contributed by atoms with E-state index in [-0.39, 0.29) is 0 Å². The summed E-state index contributed by atoms with van der Waals surface area (Å²) in [6.45, 7) is 0. The Morgan fingerprint density at radius 2 is 0.918 bits per heavy atom. The fourth-order valence-corrected chi connectivity index (χ4v) is 10.9. The molecule has 284 valence electrons. The van der Waals surface area contributed by atoms with E-state index in [2.05, 4.69) is 240 Å². The van der Waals surface area contributed by atoms with Gasteiger partial charge in [-0.2, -0.15) is 0 Å². The summed E-state index contributed by atoms with van der Waals surface area (Å²) in [7, 11) is 0. The molecule has 61 heavy (non-hydrogen) atoms. The maximum absolute atomic E-state index is 2.48. The maximum atomic E-state index is 2.48. The van der Waals surface area contributed by atoms with Crippen LogP contribution in [0.5, 0.6) is 0 Å². The van der Waals surface area contributed by atoms with E-state index in [0.717, 1.165) is 22.7 Å². The van der Waals surface area contributed by atoms with Gasteiger partial charge in [0, 0.05) is 33.2 Å². The minimum atomic E-state index is -0.522. The minimum absolute atomic E-state index is 0.522. The molecular formula is C59H38N2. The molecule has 2 aliphatic carbocycles. The average Bonchev–Trinajstić information content (AvgIpc) is 3.82. The molecule has 13 rings (SSSR count). The van der Waals surface area contributed by atoms with Crippen molar-refractivity contribution >= 4 is 49.6 Å². The van der Waals surface area contributed by atoms with Crippen LogP contribution in [0.3, 0.4) is 0 Å². The zero-order valence-corrected chi connectivity index (χ0v) is 33.3. The van der Waals surface area contributed by atoms with Crippen molar-refractivity contribution < 1.29 is 0 Å². The van der Waals surface area contributed by atoms with Gasteiger partial charge in [-0.25, -0.2) is 0 Å². The molecule has 0 atom stereocenters. The molecule has 0 saturated heterocycles. The Kier molecular flexibility index (Phi) is 7.26. The van der Waals surface area contributed by atoms with Crippen LogP contribution in [0.4, 0.5) is 17.1 Å². The Morgan fingerprint density at radius 3 is 1.69 bits per heavy atom. The summed E-state index contributed by atoms with van der Waals surface area (Å²) in [5, 5.41) is 5.01. The van der Waals surface area contributed by atoms with E-state index in [0.29, 0.717) is 0 Å². The van der Waals surface area contributed by atoms with E-state index in [1.54, 1.807) is 0 Å². The summed E-state index contributed by atoms with van der Waals surface area (Å²) in [4.78, 5) is 2.46. The molecule has 1 spiro atoms. The molecule has 1 heterocycles. The Balaban J connectivity index is 1.12. The number of para-hydroxylation sites is 3. The molecule has 0 radical (unpaired) electrons. The van der Waals surface area contributed by atoms with Crippen LogP contribution in [0.2, 0.25) is 0 Å². The Morgan fingerprint density at radius 1 is 0.328 bits per heavy atom. The summed E-state index contributed by atoms with van der Waals surface area (Å²) in [6, 6.07) is 85.4. The SMILES string of the molecule is c1ccc(-c2ccc3c(c2)C2(c4ccccc4-c4ccccc42)c2cccc4c(N(c5ccccc5)c5ccc6c7ccccc7n(-c7ccccc7)c6c5)ccc-3c24)cc1. The van der Waals surface area contributed by atoms with Crippen LogP contribution in [-0.2, 0) is 5.41 Å². The summed E-state index contributed by atoms with van der Waals surface area (Å²) in [6.07, 6.45) is 0. The molecule has 1 aromatic heterocycles. The monoisotopic (exact) mass is 774 g/mol. The molecule has 0 aliphatic heterocycles. The first-order chi connectivity index (χ1) is 30.3.